The Morgan fingerprint density at radius 1 is 1.30 bits per heavy atom. The molecule has 0 unspecified atom stereocenters. The normalized spacial score (nSPS) is 23.8. The van der Waals surface area contributed by atoms with Crippen molar-refractivity contribution >= 4 is 11.8 Å². The number of hydrogen-bond donors (Lipinski definition) is 1. The number of alkyl halides is 3. The maximum absolute atomic E-state index is 13.9. The fourth-order valence-electron chi connectivity index (χ4n) is 3.84. The van der Waals surface area contributed by atoms with Crippen molar-refractivity contribution in [1.29, 1.82) is 0 Å². The van der Waals surface area contributed by atoms with Gasteiger partial charge in [-0.3, -0.25) is 9.59 Å². The zero-order chi connectivity index (χ0) is 20.0. The number of rotatable bonds is 4. The molecule has 2 fully saturated rings. The molecular weight excluding hydrogens is 364 g/mol. The number of halogens is 4. The van der Waals surface area contributed by atoms with Gasteiger partial charge in [0.15, 0.2) is 0 Å². The summed E-state index contributed by atoms with van der Waals surface area (Å²) in [5.74, 6) is -3.46. The summed E-state index contributed by atoms with van der Waals surface area (Å²) in [5.41, 5.74) is -0.110. The molecule has 0 radical (unpaired) electrons. The van der Waals surface area contributed by atoms with Gasteiger partial charge in [-0.25, -0.2) is 4.39 Å². The summed E-state index contributed by atoms with van der Waals surface area (Å²) in [5, 5.41) is 2.27. The van der Waals surface area contributed by atoms with Gasteiger partial charge in [0.1, 0.15) is 5.82 Å². The first-order chi connectivity index (χ1) is 12.6. The van der Waals surface area contributed by atoms with Gasteiger partial charge < -0.3 is 10.2 Å². The van der Waals surface area contributed by atoms with E-state index in [1.165, 1.54) is 12.1 Å². The molecule has 1 saturated carbocycles. The first kappa shape index (κ1) is 19.4. The fourth-order valence-corrected chi connectivity index (χ4v) is 3.84. The van der Waals surface area contributed by atoms with Gasteiger partial charge in [-0.15, -0.1) is 0 Å². The monoisotopic (exact) mass is 384 g/mol. The standard InChI is InChI=1S/C19H20F4N2O2/c1-3-16(26)24-15-10-25(9-13(15)19(21,22)23)17(27)18(7-8-18)12-5-4-6-14(20)11(12)2/h3-6,13,15H,1,7-10H2,2H3,(H,24,26)/t13-,15-/m1/s1. The molecule has 4 nitrogen and oxygen atoms in total. The lowest BCUT2D eigenvalue weighted by atomic mass is 9.90. The number of hydrogen-bond acceptors (Lipinski definition) is 2. The van der Waals surface area contributed by atoms with Crippen LogP contribution in [0.15, 0.2) is 30.9 Å². The number of likely N-dealkylation sites (tertiary alicyclic amines) is 1. The van der Waals surface area contributed by atoms with Crippen molar-refractivity contribution in [3.8, 4) is 0 Å². The van der Waals surface area contributed by atoms with E-state index in [0.29, 0.717) is 24.0 Å². The third-order valence-electron chi connectivity index (χ3n) is 5.48. The lowest BCUT2D eigenvalue weighted by molar-refractivity contribution is -0.176. The van der Waals surface area contributed by atoms with E-state index < -0.39 is 47.7 Å². The zero-order valence-corrected chi connectivity index (χ0v) is 14.8. The quantitative estimate of drug-likeness (QED) is 0.641. The first-order valence-corrected chi connectivity index (χ1v) is 8.65. The average molecular weight is 384 g/mol. The molecule has 1 saturated heterocycles. The second-order valence-corrected chi connectivity index (χ2v) is 7.17. The first-order valence-electron chi connectivity index (χ1n) is 8.65. The molecule has 0 bridgehead atoms. The highest BCUT2D eigenvalue weighted by Crippen LogP contribution is 2.51. The Balaban J connectivity index is 1.86. The summed E-state index contributed by atoms with van der Waals surface area (Å²) in [4.78, 5) is 25.7. The van der Waals surface area contributed by atoms with Gasteiger partial charge in [0.2, 0.25) is 11.8 Å². The third-order valence-corrected chi connectivity index (χ3v) is 5.48. The van der Waals surface area contributed by atoms with Crippen molar-refractivity contribution in [1.82, 2.24) is 10.2 Å². The van der Waals surface area contributed by atoms with E-state index in [0.717, 1.165) is 11.0 Å². The molecule has 2 atom stereocenters. The predicted octanol–water partition coefficient (Wildman–Crippen LogP) is 2.86. The average Bonchev–Trinajstić information content (AvgIpc) is 3.29. The summed E-state index contributed by atoms with van der Waals surface area (Å²) in [6.07, 6.45) is -2.73. The number of nitrogens with one attached hydrogen (secondary N) is 1. The number of carbonyl (C=O) groups is 2. The molecule has 1 aliphatic heterocycles. The molecule has 8 heteroatoms. The minimum Gasteiger partial charge on any atom is -0.347 e. The Morgan fingerprint density at radius 3 is 2.52 bits per heavy atom. The van der Waals surface area contributed by atoms with Gasteiger partial charge in [-0.2, -0.15) is 13.2 Å². The number of carbonyl (C=O) groups excluding carboxylic acids is 2. The second-order valence-electron chi connectivity index (χ2n) is 7.17. The van der Waals surface area contributed by atoms with Crippen LogP contribution in [0.25, 0.3) is 0 Å². The minimum atomic E-state index is -4.56. The molecule has 0 aromatic heterocycles. The summed E-state index contributed by atoms with van der Waals surface area (Å²) in [7, 11) is 0. The molecule has 27 heavy (non-hydrogen) atoms. The minimum absolute atomic E-state index is 0.237. The van der Waals surface area contributed by atoms with Crippen molar-refractivity contribution in [3.05, 3.63) is 47.8 Å². The van der Waals surface area contributed by atoms with Gasteiger partial charge in [-0.1, -0.05) is 18.7 Å². The highest BCUT2D eigenvalue weighted by molar-refractivity contribution is 5.92. The molecule has 1 aliphatic carbocycles. The van der Waals surface area contributed by atoms with E-state index in [2.05, 4.69) is 11.9 Å². The third kappa shape index (κ3) is 3.44. The lowest BCUT2D eigenvalue weighted by Gasteiger charge is -2.25. The van der Waals surface area contributed by atoms with E-state index in [1.807, 2.05) is 0 Å². The molecule has 1 N–H and O–H groups in total. The lowest BCUT2D eigenvalue weighted by Crippen LogP contribution is -2.45. The number of amides is 2. The van der Waals surface area contributed by atoms with E-state index in [4.69, 9.17) is 0 Å². The largest absolute Gasteiger partial charge is 0.395 e. The molecule has 1 heterocycles. The number of benzene rings is 1. The molecule has 1 aromatic rings. The topological polar surface area (TPSA) is 49.4 Å². The van der Waals surface area contributed by atoms with Crippen LogP contribution in [0.4, 0.5) is 17.6 Å². The van der Waals surface area contributed by atoms with Crippen LogP contribution in [0.1, 0.15) is 24.0 Å². The van der Waals surface area contributed by atoms with Crippen molar-refractivity contribution < 1.29 is 27.2 Å². The van der Waals surface area contributed by atoms with Gasteiger partial charge in [0.25, 0.3) is 0 Å². The molecule has 146 valence electrons. The summed E-state index contributed by atoms with van der Waals surface area (Å²) >= 11 is 0. The van der Waals surface area contributed by atoms with Crippen LogP contribution in [-0.2, 0) is 15.0 Å². The second kappa shape index (κ2) is 6.65. The van der Waals surface area contributed by atoms with Gasteiger partial charge in [-0.05, 0) is 43.0 Å². The maximum Gasteiger partial charge on any atom is 0.395 e. The van der Waals surface area contributed by atoms with Crippen LogP contribution < -0.4 is 5.32 Å². The highest BCUT2D eigenvalue weighted by Gasteiger charge is 2.58. The van der Waals surface area contributed by atoms with Crippen molar-refractivity contribution in [2.45, 2.75) is 37.4 Å². The van der Waals surface area contributed by atoms with Crippen LogP contribution in [0.5, 0.6) is 0 Å². The summed E-state index contributed by atoms with van der Waals surface area (Å²) in [6, 6.07) is 3.21. The summed E-state index contributed by atoms with van der Waals surface area (Å²) < 4.78 is 54.1. The van der Waals surface area contributed by atoms with Crippen LogP contribution in [0, 0.1) is 18.7 Å². The van der Waals surface area contributed by atoms with E-state index in [-0.39, 0.29) is 6.54 Å². The molecule has 1 aromatic carbocycles. The van der Waals surface area contributed by atoms with Crippen LogP contribution in [-0.4, -0.2) is 42.0 Å². The Morgan fingerprint density at radius 2 is 1.96 bits per heavy atom. The van der Waals surface area contributed by atoms with E-state index >= 15 is 0 Å². The van der Waals surface area contributed by atoms with Gasteiger partial charge >= 0.3 is 6.18 Å². The summed E-state index contributed by atoms with van der Waals surface area (Å²) in [6.45, 7) is 4.04. The zero-order valence-electron chi connectivity index (χ0n) is 14.8. The maximum atomic E-state index is 13.9. The van der Waals surface area contributed by atoms with Gasteiger partial charge in [0.05, 0.1) is 17.4 Å². The van der Waals surface area contributed by atoms with Crippen LogP contribution >= 0.6 is 0 Å². The number of nitrogens with zero attached hydrogens (tertiary/aromatic N) is 1. The van der Waals surface area contributed by atoms with E-state index in [1.54, 1.807) is 13.0 Å². The van der Waals surface area contributed by atoms with Crippen LogP contribution in [0.2, 0.25) is 0 Å². The van der Waals surface area contributed by atoms with Crippen molar-refractivity contribution in [2.75, 3.05) is 13.1 Å². The molecule has 2 aliphatic rings. The van der Waals surface area contributed by atoms with Crippen LogP contribution in [0.3, 0.4) is 0 Å². The molecular formula is C19H20F4N2O2. The molecule has 3 rings (SSSR count). The molecule has 0 spiro atoms. The Kier molecular flexibility index (Phi) is 4.78. The smallest absolute Gasteiger partial charge is 0.347 e. The molecule has 2 amide bonds. The van der Waals surface area contributed by atoms with E-state index in [9.17, 15) is 27.2 Å². The Bertz CT molecular complexity index is 786. The SMILES string of the molecule is C=CC(=O)N[C@@H]1CN(C(=O)C2(c3cccc(F)c3C)CC2)C[C@H]1C(F)(F)F. The van der Waals surface area contributed by atoms with Crippen molar-refractivity contribution in [3.63, 3.8) is 0 Å². The predicted molar refractivity (Wildman–Crippen MR) is 90.3 cm³/mol. The van der Waals surface area contributed by atoms with Crippen molar-refractivity contribution in [2.24, 2.45) is 5.92 Å². The fraction of sp³-hybridized carbons (Fsp3) is 0.474. The Hall–Kier alpha value is -2.38. The highest BCUT2D eigenvalue weighted by atomic mass is 19.4. The Labute approximate surface area is 154 Å². The van der Waals surface area contributed by atoms with Gasteiger partial charge in [0, 0.05) is 13.1 Å².